The maximum Gasteiger partial charge on any atom is 0.321 e. The van der Waals surface area contributed by atoms with Gasteiger partial charge in [0.05, 0.1) is 16.7 Å². The molecule has 88 valence electrons. The van der Waals surface area contributed by atoms with Gasteiger partial charge in [-0.2, -0.15) is 8.75 Å². The molecule has 1 aromatic carbocycles. The van der Waals surface area contributed by atoms with Gasteiger partial charge in [0.2, 0.25) is 0 Å². The SMILES string of the molecule is O=[N+]([O-])c1c(N2CCCC2)ccc2nsnc12. The highest BCUT2D eigenvalue weighted by Crippen LogP contribution is 2.36. The second kappa shape index (κ2) is 3.92. The Morgan fingerprint density at radius 1 is 1.29 bits per heavy atom. The van der Waals surface area contributed by atoms with Gasteiger partial charge in [-0.3, -0.25) is 10.1 Å². The summed E-state index contributed by atoms with van der Waals surface area (Å²) >= 11 is 1.01. The number of fused-ring (bicyclic) bond motifs is 1. The van der Waals surface area contributed by atoms with E-state index in [1.54, 1.807) is 12.1 Å². The minimum absolute atomic E-state index is 0.0955. The van der Waals surface area contributed by atoms with Crippen LogP contribution in [0.15, 0.2) is 12.1 Å². The van der Waals surface area contributed by atoms with E-state index in [1.807, 2.05) is 0 Å². The molecule has 7 heteroatoms. The molecule has 0 aliphatic carbocycles. The van der Waals surface area contributed by atoms with Crippen molar-refractivity contribution in [3.05, 3.63) is 22.2 Å². The quantitative estimate of drug-likeness (QED) is 0.603. The summed E-state index contributed by atoms with van der Waals surface area (Å²) in [5, 5.41) is 11.2. The fourth-order valence-corrected chi connectivity index (χ4v) is 2.76. The molecule has 1 saturated heterocycles. The Bertz CT molecular complexity index is 577. The summed E-state index contributed by atoms with van der Waals surface area (Å²) in [5.74, 6) is 0. The molecule has 3 rings (SSSR count). The van der Waals surface area contributed by atoms with Crippen LogP contribution < -0.4 is 4.90 Å². The molecule has 0 saturated carbocycles. The van der Waals surface area contributed by atoms with Crippen LogP contribution in [0.2, 0.25) is 0 Å². The molecular weight excluding hydrogens is 240 g/mol. The van der Waals surface area contributed by atoms with E-state index in [2.05, 4.69) is 13.6 Å². The van der Waals surface area contributed by atoms with Crippen LogP contribution in [0.25, 0.3) is 11.0 Å². The summed E-state index contributed by atoms with van der Waals surface area (Å²) in [5.41, 5.74) is 1.78. The van der Waals surface area contributed by atoms with Gasteiger partial charge in [-0.15, -0.1) is 0 Å². The van der Waals surface area contributed by atoms with Crippen molar-refractivity contribution in [1.29, 1.82) is 0 Å². The molecule has 0 bridgehead atoms. The van der Waals surface area contributed by atoms with Gasteiger partial charge < -0.3 is 4.90 Å². The standard InChI is InChI=1S/C10H10N4O2S/c15-14(16)10-8(13-5-1-2-6-13)4-3-7-9(10)12-17-11-7/h3-4H,1-2,5-6H2. The summed E-state index contributed by atoms with van der Waals surface area (Å²) in [6.07, 6.45) is 2.18. The smallest absolute Gasteiger partial charge is 0.321 e. The maximum absolute atomic E-state index is 11.2. The predicted octanol–water partition coefficient (Wildman–Crippen LogP) is 2.20. The van der Waals surface area contributed by atoms with E-state index in [9.17, 15) is 10.1 Å². The van der Waals surface area contributed by atoms with Crippen LogP contribution in [0.4, 0.5) is 11.4 Å². The van der Waals surface area contributed by atoms with Crippen LogP contribution in [-0.2, 0) is 0 Å². The largest absolute Gasteiger partial charge is 0.366 e. The summed E-state index contributed by atoms with van der Waals surface area (Å²) in [6, 6.07) is 3.59. The fraction of sp³-hybridized carbons (Fsp3) is 0.400. The number of hydrogen-bond donors (Lipinski definition) is 0. The molecule has 0 unspecified atom stereocenters. The van der Waals surface area contributed by atoms with E-state index in [0.29, 0.717) is 16.7 Å². The Labute approximate surface area is 101 Å². The zero-order valence-electron chi connectivity index (χ0n) is 9.00. The first-order valence-corrected chi connectivity index (χ1v) is 6.15. The molecule has 0 amide bonds. The van der Waals surface area contributed by atoms with Crippen molar-refractivity contribution < 1.29 is 4.92 Å². The lowest BCUT2D eigenvalue weighted by molar-refractivity contribution is -0.382. The Morgan fingerprint density at radius 3 is 2.76 bits per heavy atom. The Hall–Kier alpha value is -1.76. The monoisotopic (exact) mass is 250 g/mol. The lowest BCUT2D eigenvalue weighted by Gasteiger charge is -2.16. The molecule has 1 aliphatic heterocycles. The number of aromatic nitrogens is 2. The molecule has 0 spiro atoms. The van der Waals surface area contributed by atoms with Crippen LogP contribution in [0.3, 0.4) is 0 Å². The average molecular weight is 250 g/mol. The first-order valence-electron chi connectivity index (χ1n) is 5.42. The fourth-order valence-electron chi connectivity index (χ4n) is 2.22. The zero-order chi connectivity index (χ0) is 11.8. The van der Waals surface area contributed by atoms with Crippen molar-refractivity contribution in [2.24, 2.45) is 0 Å². The van der Waals surface area contributed by atoms with Crippen LogP contribution in [0, 0.1) is 10.1 Å². The number of nitro benzene ring substituents is 1. The van der Waals surface area contributed by atoms with Gasteiger partial charge >= 0.3 is 5.69 Å². The molecule has 1 aliphatic rings. The van der Waals surface area contributed by atoms with Gasteiger partial charge in [-0.25, -0.2) is 0 Å². The van der Waals surface area contributed by atoms with Crippen LogP contribution in [0.1, 0.15) is 12.8 Å². The Morgan fingerprint density at radius 2 is 2.06 bits per heavy atom. The van der Waals surface area contributed by atoms with Crippen LogP contribution >= 0.6 is 11.7 Å². The highest BCUT2D eigenvalue weighted by atomic mass is 32.1. The minimum Gasteiger partial charge on any atom is -0.366 e. The molecule has 0 atom stereocenters. The molecule has 1 fully saturated rings. The molecule has 2 aromatic rings. The summed E-state index contributed by atoms with van der Waals surface area (Å²) in [4.78, 5) is 12.9. The van der Waals surface area contributed by atoms with Crippen LogP contribution in [0.5, 0.6) is 0 Å². The average Bonchev–Trinajstić information content (AvgIpc) is 2.98. The van der Waals surface area contributed by atoms with Crippen molar-refractivity contribution in [2.45, 2.75) is 12.8 Å². The summed E-state index contributed by atoms with van der Waals surface area (Å²) in [7, 11) is 0. The number of benzene rings is 1. The second-order valence-corrected chi connectivity index (χ2v) is 4.54. The topological polar surface area (TPSA) is 72.2 Å². The molecule has 1 aromatic heterocycles. The van der Waals surface area contributed by atoms with Gasteiger partial charge in [0, 0.05) is 13.1 Å². The van der Waals surface area contributed by atoms with Crippen molar-refractivity contribution >= 4 is 34.1 Å². The van der Waals surface area contributed by atoms with Gasteiger partial charge in [0.15, 0.2) is 5.52 Å². The van der Waals surface area contributed by atoms with Gasteiger partial charge in [-0.05, 0) is 25.0 Å². The zero-order valence-corrected chi connectivity index (χ0v) is 9.81. The predicted molar refractivity (Wildman–Crippen MR) is 65.5 cm³/mol. The first-order chi connectivity index (χ1) is 8.27. The molecule has 0 radical (unpaired) electrons. The highest BCUT2D eigenvalue weighted by Gasteiger charge is 2.26. The third-order valence-corrected chi connectivity index (χ3v) is 3.55. The number of rotatable bonds is 2. The van der Waals surface area contributed by atoms with Gasteiger partial charge in [0.1, 0.15) is 11.2 Å². The normalized spacial score (nSPS) is 15.6. The van der Waals surface area contributed by atoms with E-state index < -0.39 is 0 Å². The lowest BCUT2D eigenvalue weighted by atomic mass is 10.2. The summed E-state index contributed by atoms with van der Waals surface area (Å²) in [6.45, 7) is 1.76. The highest BCUT2D eigenvalue weighted by molar-refractivity contribution is 7.00. The number of nitro groups is 1. The van der Waals surface area contributed by atoms with Crippen molar-refractivity contribution in [2.75, 3.05) is 18.0 Å². The van der Waals surface area contributed by atoms with E-state index in [4.69, 9.17) is 0 Å². The number of hydrogen-bond acceptors (Lipinski definition) is 6. The molecule has 17 heavy (non-hydrogen) atoms. The first kappa shape index (κ1) is 10.4. The minimum atomic E-state index is -0.350. The third kappa shape index (κ3) is 1.62. The number of nitrogens with zero attached hydrogens (tertiary/aromatic N) is 4. The Kier molecular flexibility index (Phi) is 2.40. The van der Waals surface area contributed by atoms with Crippen molar-refractivity contribution in [3.8, 4) is 0 Å². The molecule has 0 N–H and O–H groups in total. The Balaban J connectivity index is 2.22. The van der Waals surface area contributed by atoms with E-state index in [-0.39, 0.29) is 10.6 Å². The maximum atomic E-state index is 11.2. The van der Waals surface area contributed by atoms with Gasteiger partial charge in [-0.1, -0.05) is 0 Å². The molecule has 2 heterocycles. The second-order valence-electron chi connectivity index (χ2n) is 4.02. The van der Waals surface area contributed by atoms with E-state index in [1.165, 1.54) is 0 Å². The van der Waals surface area contributed by atoms with E-state index in [0.717, 1.165) is 37.7 Å². The molecule has 6 nitrogen and oxygen atoms in total. The summed E-state index contributed by atoms with van der Waals surface area (Å²) < 4.78 is 8.07. The van der Waals surface area contributed by atoms with Gasteiger partial charge in [0.25, 0.3) is 0 Å². The van der Waals surface area contributed by atoms with Crippen molar-refractivity contribution in [3.63, 3.8) is 0 Å². The third-order valence-electron chi connectivity index (χ3n) is 3.01. The van der Waals surface area contributed by atoms with Crippen LogP contribution in [-0.4, -0.2) is 26.8 Å². The lowest BCUT2D eigenvalue weighted by Crippen LogP contribution is -2.18. The van der Waals surface area contributed by atoms with Crippen molar-refractivity contribution in [1.82, 2.24) is 8.75 Å². The van der Waals surface area contributed by atoms with E-state index >= 15 is 0 Å². The molecular formula is C10H10N4O2S. The number of anilines is 1.